The zero-order chi connectivity index (χ0) is 12.5. The maximum atomic E-state index is 13.1. The molecule has 0 aliphatic heterocycles. The maximum Gasteiger partial charge on any atom is 0.376 e. The molecule has 7 heteroatoms. The molecule has 88 valence electrons. The number of rotatable bonds is 3. The number of carboxylic acids is 1. The largest absolute Gasteiger partial charge is 0.477 e. The standard InChI is InChI=1S/C9H7Cl2F2NO2/c10-5-1-4(2-6(11)3-5)7(14)9(12,13)8(15)16/h1-3,7H,14H2,(H,15,16)/t7-/m1/s1. The number of carbonyl (C=O) groups is 1. The number of aliphatic carboxylic acids is 1. The molecule has 1 rings (SSSR count). The van der Waals surface area contributed by atoms with Crippen LogP contribution in [0.15, 0.2) is 18.2 Å². The van der Waals surface area contributed by atoms with Gasteiger partial charge in [0.25, 0.3) is 0 Å². The molecule has 0 bridgehead atoms. The third kappa shape index (κ3) is 2.61. The van der Waals surface area contributed by atoms with Gasteiger partial charge in [-0.05, 0) is 23.8 Å². The zero-order valence-electron chi connectivity index (χ0n) is 7.75. The second-order valence-electron chi connectivity index (χ2n) is 3.11. The highest BCUT2D eigenvalue weighted by molar-refractivity contribution is 6.34. The van der Waals surface area contributed by atoms with Gasteiger partial charge in [0.1, 0.15) is 6.04 Å². The number of halogens is 4. The molecule has 0 fully saturated rings. The molecule has 0 spiro atoms. The lowest BCUT2D eigenvalue weighted by Crippen LogP contribution is -2.40. The Balaban J connectivity index is 3.14. The van der Waals surface area contributed by atoms with E-state index in [-0.39, 0.29) is 15.6 Å². The van der Waals surface area contributed by atoms with Crippen molar-refractivity contribution < 1.29 is 18.7 Å². The van der Waals surface area contributed by atoms with E-state index in [9.17, 15) is 13.6 Å². The number of hydrogen-bond donors (Lipinski definition) is 2. The SMILES string of the molecule is N[C@H](c1cc(Cl)cc(Cl)c1)C(F)(F)C(=O)O. The van der Waals surface area contributed by atoms with Crippen LogP contribution in [0.25, 0.3) is 0 Å². The molecule has 1 atom stereocenters. The van der Waals surface area contributed by atoms with E-state index in [1.54, 1.807) is 0 Å². The summed E-state index contributed by atoms with van der Waals surface area (Å²) in [6, 6.07) is 1.63. The van der Waals surface area contributed by atoms with Crippen LogP contribution in [0.5, 0.6) is 0 Å². The summed E-state index contributed by atoms with van der Waals surface area (Å²) < 4.78 is 26.2. The first kappa shape index (κ1) is 13.2. The summed E-state index contributed by atoms with van der Waals surface area (Å²) in [5.41, 5.74) is 5.03. The van der Waals surface area contributed by atoms with Crippen molar-refractivity contribution in [3.63, 3.8) is 0 Å². The van der Waals surface area contributed by atoms with Gasteiger partial charge >= 0.3 is 11.9 Å². The second kappa shape index (κ2) is 4.53. The van der Waals surface area contributed by atoms with Crippen LogP contribution in [0.1, 0.15) is 11.6 Å². The summed E-state index contributed by atoms with van der Waals surface area (Å²) in [7, 11) is 0. The average Bonchev–Trinajstić information content (AvgIpc) is 2.14. The summed E-state index contributed by atoms with van der Waals surface area (Å²) in [5, 5.41) is 8.54. The molecule has 0 saturated carbocycles. The van der Waals surface area contributed by atoms with Gasteiger partial charge in [-0.15, -0.1) is 0 Å². The van der Waals surface area contributed by atoms with Gasteiger partial charge in [-0.3, -0.25) is 0 Å². The number of benzene rings is 1. The van der Waals surface area contributed by atoms with E-state index in [1.165, 1.54) is 6.07 Å². The Morgan fingerprint density at radius 1 is 1.31 bits per heavy atom. The highest BCUT2D eigenvalue weighted by Gasteiger charge is 2.46. The van der Waals surface area contributed by atoms with Crippen molar-refractivity contribution in [2.24, 2.45) is 5.73 Å². The molecule has 16 heavy (non-hydrogen) atoms. The van der Waals surface area contributed by atoms with Gasteiger partial charge in [-0.2, -0.15) is 8.78 Å². The van der Waals surface area contributed by atoms with E-state index >= 15 is 0 Å². The van der Waals surface area contributed by atoms with Crippen molar-refractivity contribution in [2.45, 2.75) is 12.0 Å². The molecule has 3 N–H and O–H groups in total. The lowest BCUT2D eigenvalue weighted by molar-refractivity contribution is -0.168. The van der Waals surface area contributed by atoms with Crippen LogP contribution in [0.4, 0.5) is 8.78 Å². The predicted octanol–water partition coefficient (Wildman–Crippen LogP) is 2.71. The first-order valence-electron chi connectivity index (χ1n) is 4.08. The topological polar surface area (TPSA) is 63.3 Å². The summed E-state index contributed by atoms with van der Waals surface area (Å²) in [4.78, 5) is 10.3. The fraction of sp³-hybridized carbons (Fsp3) is 0.222. The molecule has 3 nitrogen and oxygen atoms in total. The first-order valence-corrected chi connectivity index (χ1v) is 4.83. The highest BCUT2D eigenvalue weighted by Crippen LogP contribution is 2.32. The smallest absolute Gasteiger partial charge is 0.376 e. The van der Waals surface area contributed by atoms with Crippen molar-refractivity contribution in [1.29, 1.82) is 0 Å². The van der Waals surface area contributed by atoms with Gasteiger partial charge in [-0.1, -0.05) is 23.2 Å². The van der Waals surface area contributed by atoms with Crippen LogP contribution < -0.4 is 5.73 Å². The quantitative estimate of drug-likeness (QED) is 0.887. The van der Waals surface area contributed by atoms with Crippen molar-refractivity contribution in [2.75, 3.05) is 0 Å². The van der Waals surface area contributed by atoms with Gasteiger partial charge in [0.2, 0.25) is 0 Å². The van der Waals surface area contributed by atoms with Crippen LogP contribution in [0.2, 0.25) is 10.0 Å². The molecule has 1 aromatic carbocycles. The summed E-state index contributed by atoms with van der Waals surface area (Å²) >= 11 is 11.2. The number of nitrogens with two attached hydrogens (primary N) is 1. The van der Waals surface area contributed by atoms with Crippen molar-refractivity contribution in [3.05, 3.63) is 33.8 Å². The first-order chi connectivity index (χ1) is 7.25. The molecule has 0 heterocycles. The molecule has 0 amide bonds. The lowest BCUT2D eigenvalue weighted by Gasteiger charge is -2.19. The van der Waals surface area contributed by atoms with Gasteiger partial charge in [0.15, 0.2) is 0 Å². The fourth-order valence-electron chi connectivity index (χ4n) is 1.10. The van der Waals surface area contributed by atoms with E-state index in [1.807, 2.05) is 0 Å². The molecule has 1 aromatic rings. The van der Waals surface area contributed by atoms with E-state index in [2.05, 4.69) is 0 Å². The zero-order valence-corrected chi connectivity index (χ0v) is 9.27. The Morgan fingerprint density at radius 2 is 1.75 bits per heavy atom. The van der Waals surface area contributed by atoms with Crippen LogP contribution in [-0.2, 0) is 4.79 Å². The van der Waals surface area contributed by atoms with E-state index < -0.39 is 17.9 Å². The number of hydrogen-bond acceptors (Lipinski definition) is 2. The molecule has 0 unspecified atom stereocenters. The van der Waals surface area contributed by atoms with Gasteiger partial charge < -0.3 is 10.8 Å². The maximum absolute atomic E-state index is 13.1. The Hall–Kier alpha value is -0.910. The van der Waals surface area contributed by atoms with Crippen molar-refractivity contribution in [1.82, 2.24) is 0 Å². The monoisotopic (exact) mass is 269 g/mol. The predicted molar refractivity (Wildman–Crippen MR) is 56.0 cm³/mol. The minimum Gasteiger partial charge on any atom is -0.477 e. The highest BCUT2D eigenvalue weighted by atomic mass is 35.5. The van der Waals surface area contributed by atoms with Crippen molar-refractivity contribution >= 4 is 29.2 Å². The molecule has 0 aliphatic rings. The minimum atomic E-state index is -4.08. The molecule has 0 saturated heterocycles. The Kier molecular flexibility index (Phi) is 3.72. The van der Waals surface area contributed by atoms with Gasteiger partial charge in [-0.25, -0.2) is 4.79 Å². The van der Waals surface area contributed by atoms with Gasteiger partial charge in [0.05, 0.1) is 0 Å². The molecular formula is C9H7Cl2F2NO2. The van der Waals surface area contributed by atoms with Crippen molar-refractivity contribution in [3.8, 4) is 0 Å². The number of carboxylic acid groups (broad SMARTS) is 1. The average molecular weight is 270 g/mol. The van der Waals surface area contributed by atoms with E-state index in [4.69, 9.17) is 34.0 Å². The lowest BCUT2D eigenvalue weighted by atomic mass is 10.0. The fourth-order valence-corrected chi connectivity index (χ4v) is 1.64. The van der Waals surface area contributed by atoms with Crippen LogP contribution in [0.3, 0.4) is 0 Å². The molecule has 0 radical (unpaired) electrons. The van der Waals surface area contributed by atoms with Gasteiger partial charge in [0, 0.05) is 10.0 Å². The van der Waals surface area contributed by atoms with E-state index in [0.717, 1.165) is 12.1 Å². The molecule has 0 aliphatic carbocycles. The van der Waals surface area contributed by atoms with Crippen LogP contribution in [-0.4, -0.2) is 17.0 Å². The van der Waals surface area contributed by atoms with Crippen LogP contribution >= 0.6 is 23.2 Å². The van der Waals surface area contributed by atoms with E-state index in [0.29, 0.717) is 0 Å². The summed E-state index contributed by atoms with van der Waals surface area (Å²) in [5.74, 6) is -6.37. The Labute approximate surface area is 99.8 Å². The summed E-state index contributed by atoms with van der Waals surface area (Å²) in [6.07, 6.45) is 0. The molecular weight excluding hydrogens is 263 g/mol. The minimum absolute atomic E-state index is 0.110. The summed E-state index contributed by atoms with van der Waals surface area (Å²) in [6.45, 7) is 0. The number of alkyl halides is 2. The molecule has 0 aromatic heterocycles. The van der Waals surface area contributed by atoms with Crippen LogP contribution in [0, 0.1) is 0 Å². The Bertz CT molecular complexity index is 406. The Morgan fingerprint density at radius 3 is 2.12 bits per heavy atom. The third-order valence-electron chi connectivity index (χ3n) is 1.92. The normalized spacial score (nSPS) is 13.6. The third-order valence-corrected chi connectivity index (χ3v) is 2.36. The second-order valence-corrected chi connectivity index (χ2v) is 3.98.